The highest BCUT2D eigenvalue weighted by molar-refractivity contribution is 5.69. The number of nitrogens with zero attached hydrogens (tertiary/aromatic N) is 3. The molecule has 0 aliphatic rings. The first-order valence-corrected chi connectivity index (χ1v) is 6.36. The van der Waals surface area contributed by atoms with Gasteiger partial charge < -0.3 is 4.74 Å². The van der Waals surface area contributed by atoms with Crippen molar-refractivity contribution in [3.8, 4) is 0 Å². The lowest BCUT2D eigenvalue weighted by molar-refractivity contribution is -0.143. The summed E-state index contributed by atoms with van der Waals surface area (Å²) in [7, 11) is 0. The molecule has 0 fully saturated rings. The first kappa shape index (κ1) is 13.3. The molecule has 0 N–H and O–H groups in total. The smallest absolute Gasteiger partial charge is 0.306 e. The van der Waals surface area contributed by atoms with E-state index in [0.29, 0.717) is 26.0 Å². The highest BCUT2D eigenvalue weighted by atomic mass is 16.5. The predicted molar refractivity (Wildman–Crippen MR) is 70.5 cm³/mol. The number of benzene rings is 1. The van der Waals surface area contributed by atoms with E-state index in [1.807, 2.05) is 35.0 Å². The molecule has 0 saturated heterocycles. The second kappa shape index (κ2) is 6.68. The lowest BCUT2D eigenvalue weighted by atomic mass is 10.2. The van der Waals surface area contributed by atoms with E-state index in [9.17, 15) is 4.79 Å². The Morgan fingerprint density at radius 3 is 2.84 bits per heavy atom. The minimum Gasteiger partial charge on any atom is -0.466 e. The molecule has 0 saturated carbocycles. The zero-order chi connectivity index (χ0) is 13.5. The van der Waals surface area contributed by atoms with Crippen LogP contribution in [0.3, 0.4) is 0 Å². The first-order chi connectivity index (χ1) is 9.29. The van der Waals surface area contributed by atoms with E-state index >= 15 is 0 Å². The largest absolute Gasteiger partial charge is 0.466 e. The molecule has 0 spiro atoms. The molecule has 0 bridgehead atoms. The van der Waals surface area contributed by atoms with E-state index in [1.165, 1.54) is 0 Å². The van der Waals surface area contributed by atoms with Gasteiger partial charge in [0, 0.05) is 6.42 Å². The molecule has 0 amide bonds. The molecule has 0 atom stereocenters. The van der Waals surface area contributed by atoms with Gasteiger partial charge in [-0.1, -0.05) is 35.5 Å². The molecule has 5 heteroatoms. The number of aryl methyl sites for hydroxylation is 1. The zero-order valence-corrected chi connectivity index (χ0v) is 11.0. The molecule has 0 aliphatic heterocycles. The molecular weight excluding hydrogens is 242 g/mol. The summed E-state index contributed by atoms with van der Waals surface area (Å²) < 4.78 is 6.72. The molecule has 5 nitrogen and oxygen atoms in total. The Bertz CT molecular complexity index is 522. The number of hydrogen-bond donors (Lipinski definition) is 0. The Labute approximate surface area is 112 Å². The van der Waals surface area contributed by atoms with Crippen LogP contribution in [-0.2, 0) is 22.5 Å². The molecule has 1 heterocycles. The molecule has 0 aliphatic carbocycles. The molecule has 19 heavy (non-hydrogen) atoms. The number of esters is 1. The Morgan fingerprint density at radius 2 is 2.11 bits per heavy atom. The second-order valence-electron chi connectivity index (χ2n) is 4.17. The monoisotopic (exact) mass is 259 g/mol. The summed E-state index contributed by atoms with van der Waals surface area (Å²) in [6, 6.07) is 10.0. The predicted octanol–water partition coefficient (Wildman–Crippen LogP) is 1.82. The van der Waals surface area contributed by atoms with Crippen LogP contribution in [0.15, 0.2) is 36.5 Å². The van der Waals surface area contributed by atoms with Crippen molar-refractivity contribution in [2.75, 3.05) is 6.61 Å². The van der Waals surface area contributed by atoms with Gasteiger partial charge in [0.05, 0.1) is 31.5 Å². The quantitative estimate of drug-likeness (QED) is 0.742. The van der Waals surface area contributed by atoms with Crippen LogP contribution in [0.2, 0.25) is 0 Å². The minimum atomic E-state index is -0.185. The fourth-order valence-electron chi connectivity index (χ4n) is 1.83. The van der Waals surface area contributed by atoms with E-state index in [4.69, 9.17) is 4.74 Å². The molecule has 0 unspecified atom stereocenters. The van der Waals surface area contributed by atoms with Gasteiger partial charge in [-0.05, 0) is 12.5 Å². The van der Waals surface area contributed by atoms with Crippen LogP contribution in [0, 0.1) is 0 Å². The Hall–Kier alpha value is -2.17. The van der Waals surface area contributed by atoms with Crippen LogP contribution in [0.25, 0.3) is 0 Å². The SMILES string of the molecule is CCOC(=O)CCc1cnnn1Cc1ccccc1. The third-order valence-corrected chi connectivity index (χ3v) is 2.76. The summed E-state index contributed by atoms with van der Waals surface area (Å²) in [5.74, 6) is -0.185. The molecular formula is C14H17N3O2. The summed E-state index contributed by atoms with van der Waals surface area (Å²) in [5.41, 5.74) is 2.10. The maximum absolute atomic E-state index is 11.3. The lowest BCUT2D eigenvalue weighted by Crippen LogP contribution is -2.10. The van der Waals surface area contributed by atoms with Gasteiger partial charge in [0.2, 0.25) is 0 Å². The standard InChI is InChI=1S/C14H17N3O2/c1-2-19-14(18)9-8-13-10-15-16-17(13)11-12-6-4-3-5-7-12/h3-7,10H,2,8-9,11H2,1H3. The molecule has 100 valence electrons. The summed E-state index contributed by atoms with van der Waals surface area (Å²) in [4.78, 5) is 11.3. The third kappa shape index (κ3) is 3.91. The average Bonchev–Trinajstić information content (AvgIpc) is 2.85. The Morgan fingerprint density at radius 1 is 1.32 bits per heavy atom. The molecule has 2 aromatic rings. The van der Waals surface area contributed by atoms with E-state index in [1.54, 1.807) is 13.1 Å². The number of ether oxygens (including phenoxy) is 1. The fraction of sp³-hybridized carbons (Fsp3) is 0.357. The van der Waals surface area contributed by atoms with Gasteiger partial charge in [0.1, 0.15) is 0 Å². The lowest BCUT2D eigenvalue weighted by Gasteiger charge is -2.06. The van der Waals surface area contributed by atoms with Crippen LogP contribution in [-0.4, -0.2) is 27.6 Å². The van der Waals surface area contributed by atoms with Crippen LogP contribution in [0.4, 0.5) is 0 Å². The van der Waals surface area contributed by atoms with Gasteiger partial charge in [0.25, 0.3) is 0 Å². The summed E-state index contributed by atoms with van der Waals surface area (Å²) in [5, 5.41) is 7.95. The van der Waals surface area contributed by atoms with Crippen molar-refractivity contribution in [3.63, 3.8) is 0 Å². The third-order valence-electron chi connectivity index (χ3n) is 2.76. The van der Waals surface area contributed by atoms with Gasteiger partial charge in [-0.15, -0.1) is 5.10 Å². The molecule has 0 radical (unpaired) electrons. The van der Waals surface area contributed by atoms with Gasteiger partial charge in [-0.3, -0.25) is 4.79 Å². The number of hydrogen-bond acceptors (Lipinski definition) is 4. The number of carbonyl (C=O) groups excluding carboxylic acids is 1. The van der Waals surface area contributed by atoms with Gasteiger partial charge in [-0.25, -0.2) is 4.68 Å². The van der Waals surface area contributed by atoms with Crippen molar-refractivity contribution in [2.24, 2.45) is 0 Å². The highest BCUT2D eigenvalue weighted by Crippen LogP contribution is 2.06. The molecule has 2 rings (SSSR count). The van der Waals surface area contributed by atoms with Crippen molar-refractivity contribution in [2.45, 2.75) is 26.3 Å². The maximum Gasteiger partial charge on any atom is 0.306 e. The minimum absolute atomic E-state index is 0.185. The summed E-state index contributed by atoms with van der Waals surface area (Å²) in [6.07, 6.45) is 2.65. The maximum atomic E-state index is 11.3. The Kier molecular flexibility index (Phi) is 4.66. The van der Waals surface area contributed by atoms with Gasteiger partial charge >= 0.3 is 5.97 Å². The highest BCUT2D eigenvalue weighted by Gasteiger charge is 2.08. The van der Waals surface area contributed by atoms with E-state index in [0.717, 1.165) is 11.3 Å². The van der Waals surface area contributed by atoms with Crippen molar-refractivity contribution < 1.29 is 9.53 Å². The van der Waals surface area contributed by atoms with Crippen LogP contribution < -0.4 is 0 Å². The number of aromatic nitrogens is 3. The normalized spacial score (nSPS) is 10.4. The second-order valence-corrected chi connectivity index (χ2v) is 4.17. The first-order valence-electron chi connectivity index (χ1n) is 6.36. The molecule has 1 aromatic heterocycles. The van der Waals surface area contributed by atoms with Gasteiger partial charge in [0.15, 0.2) is 0 Å². The van der Waals surface area contributed by atoms with Crippen molar-refractivity contribution in [1.29, 1.82) is 0 Å². The average molecular weight is 259 g/mol. The van der Waals surface area contributed by atoms with Gasteiger partial charge in [-0.2, -0.15) is 0 Å². The summed E-state index contributed by atoms with van der Waals surface area (Å²) >= 11 is 0. The van der Waals surface area contributed by atoms with Crippen LogP contribution in [0.5, 0.6) is 0 Å². The van der Waals surface area contributed by atoms with Crippen molar-refractivity contribution >= 4 is 5.97 Å². The summed E-state index contributed by atoms with van der Waals surface area (Å²) in [6.45, 7) is 2.89. The van der Waals surface area contributed by atoms with Crippen LogP contribution >= 0.6 is 0 Å². The Balaban J connectivity index is 1.96. The van der Waals surface area contributed by atoms with Crippen LogP contribution in [0.1, 0.15) is 24.6 Å². The molecule has 1 aromatic carbocycles. The fourth-order valence-corrected chi connectivity index (χ4v) is 1.83. The zero-order valence-electron chi connectivity index (χ0n) is 11.0. The van der Waals surface area contributed by atoms with Crippen molar-refractivity contribution in [1.82, 2.24) is 15.0 Å². The topological polar surface area (TPSA) is 57.0 Å². The van der Waals surface area contributed by atoms with E-state index in [-0.39, 0.29) is 5.97 Å². The number of carbonyl (C=O) groups is 1. The van der Waals surface area contributed by atoms with Crippen molar-refractivity contribution in [3.05, 3.63) is 47.8 Å². The van der Waals surface area contributed by atoms with E-state index < -0.39 is 0 Å². The number of rotatable bonds is 6. The van der Waals surface area contributed by atoms with E-state index in [2.05, 4.69) is 10.3 Å².